The zero-order valence-electron chi connectivity index (χ0n) is 13.8. The first kappa shape index (κ1) is 16.5. The van der Waals surface area contributed by atoms with Gasteiger partial charge >= 0.3 is 0 Å². The molecule has 0 spiro atoms. The highest BCUT2D eigenvalue weighted by atomic mass is 16.5. The van der Waals surface area contributed by atoms with Crippen molar-refractivity contribution in [2.24, 2.45) is 5.92 Å². The smallest absolute Gasteiger partial charge is 0.224 e. The van der Waals surface area contributed by atoms with Crippen LogP contribution in [0, 0.1) is 5.92 Å². The summed E-state index contributed by atoms with van der Waals surface area (Å²) < 4.78 is 10.7. The fourth-order valence-corrected chi connectivity index (χ4v) is 2.97. The number of pyridine rings is 1. The highest BCUT2D eigenvalue weighted by molar-refractivity contribution is 5.79. The van der Waals surface area contributed by atoms with Crippen molar-refractivity contribution in [2.45, 2.75) is 18.9 Å². The second-order valence-electron chi connectivity index (χ2n) is 6.06. The van der Waals surface area contributed by atoms with Gasteiger partial charge < -0.3 is 14.8 Å². The van der Waals surface area contributed by atoms with E-state index in [4.69, 9.17) is 9.47 Å². The van der Waals surface area contributed by atoms with E-state index >= 15 is 0 Å². The highest BCUT2D eigenvalue weighted by Gasteiger charge is 2.29. The normalized spacial score (nSPS) is 19.9. The third-order valence-electron chi connectivity index (χ3n) is 4.32. The minimum absolute atomic E-state index is 0.0235. The number of carbonyl (C=O) groups excluding carboxylic acids is 1. The maximum absolute atomic E-state index is 12.3. The lowest BCUT2D eigenvalue weighted by Gasteiger charge is -2.19. The molecular weight excluding hydrogens is 304 g/mol. The molecule has 5 heteroatoms. The van der Waals surface area contributed by atoms with Crippen LogP contribution < -0.4 is 10.1 Å². The molecule has 1 N–H and O–H groups in total. The maximum atomic E-state index is 12.3. The molecule has 0 radical (unpaired) electrons. The fourth-order valence-electron chi connectivity index (χ4n) is 2.97. The minimum Gasteiger partial charge on any atom is -0.497 e. The molecule has 1 amide bonds. The van der Waals surface area contributed by atoms with Gasteiger partial charge in [0.2, 0.25) is 5.91 Å². The lowest BCUT2D eigenvalue weighted by Crippen LogP contribution is -2.41. The highest BCUT2D eigenvalue weighted by Crippen LogP contribution is 2.19. The number of carbonyl (C=O) groups is 1. The lowest BCUT2D eigenvalue weighted by molar-refractivity contribution is -0.121. The molecular formula is C19H22N2O3. The molecule has 126 valence electrons. The summed E-state index contributed by atoms with van der Waals surface area (Å²) in [5.74, 6) is 1.11. The van der Waals surface area contributed by atoms with Gasteiger partial charge in [0, 0.05) is 18.3 Å². The molecule has 0 aliphatic carbocycles. The molecule has 2 atom stereocenters. The summed E-state index contributed by atoms with van der Waals surface area (Å²) in [6, 6.07) is 11.6. The number of aromatic nitrogens is 1. The Kier molecular flexibility index (Phi) is 5.43. The summed E-state index contributed by atoms with van der Waals surface area (Å²) in [4.78, 5) is 16.3. The van der Waals surface area contributed by atoms with Crippen LogP contribution in [0.2, 0.25) is 0 Å². The van der Waals surface area contributed by atoms with E-state index in [9.17, 15) is 4.79 Å². The van der Waals surface area contributed by atoms with E-state index in [-0.39, 0.29) is 11.9 Å². The zero-order chi connectivity index (χ0) is 16.8. The van der Waals surface area contributed by atoms with E-state index < -0.39 is 0 Å². The lowest BCUT2D eigenvalue weighted by atomic mass is 9.95. The predicted molar refractivity (Wildman–Crippen MR) is 90.9 cm³/mol. The Bertz CT molecular complexity index is 658. The average Bonchev–Trinajstić information content (AvgIpc) is 3.03. The van der Waals surface area contributed by atoms with Gasteiger partial charge in [-0.3, -0.25) is 9.78 Å². The van der Waals surface area contributed by atoms with Crippen LogP contribution in [0.4, 0.5) is 0 Å². The first-order valence-electron chi connectivity index (χ1n) is 8.13. The Hall–Kier alpha value is -2.40. The molecule has 2 heterocycles. The summed E-state index contributed by atoms with van der Waals surface area (Å²) in [7, 11) is 1.63. The number of hydrogen-bond acceptors (Lipinski definition) is 4. The molecule has 3 rings (SSSR count). The van der Waals surface area contributed by atoms with Crippen LogP contribution in [0.25, 0.3) is 0 Å². The van der Waals surface area contributed by atoms with Gasteiger partial charge in [-0.2, -0.15) is 0 Å². The van der Waals surface area contributed by atoms with Gasteiger partial charge in [-0.25, -0.2) is 0 Å². The van der Waals surface area contributed by atoms with Gasteiger partial charge in [0.1, 0.15) is 5.75 Å². The SMILES string of the molecule is COc1ccc(CC(=O)N[C@H]2COC[C@H]2Cc2ccncc2)cc1. The molecule has 2 aromatic rings. The van der Waals surface area contributed by atoms with Crippen LogP contribution in [0.15, 0.2) is 48.8 Å². The van der Waals surface area contributed by atoms with Gasteiger partial charge in [-0.15, -0.1) is 0 Å². The van der Waals surface area contributed by atoms with Crippen molar-refractivity contribution >= 4 is 5.91 Å². The number of amides is 1. The summed E-state index contributed by atoms with van der Waals surface area (Å²) >= 11 is 0. The molecule has 0 bridgehead atoms. The van der Waals surface area contributed by atoms with Gasteiger partial charge in [0.15, 0.2) is 0 Å². The molecule has 1 aliphatic heterocycles. The maximum Gasteiger partial charge on any atom is 0.224 e. The monoisotopic (exact) mass is 326 g/mol. The Morgan fingerprint density at radius 3 is 2.62 bits per heavy atom. The van der Waals surface area contributed by atoms with Crippen molar-refractivity contribution in [3.05, 3.63) is 59.9 Å². The summed E-state index contributed by atoms with van der Waals surface area (Å²) in [5.41, 5.74) is 2.19. The van der Waals surface area contributed by atoms with E-state index in [1.54, 1.807) is 19.5 Å². The van der Waals surface area contributed by atoms with E-state index in [1.807, 2.05) is 36.4 Å². The zero-order valence-corrected chi connectivity index (χ0v) is 13.8. The van der Waals surface area contributed by atoms with Gasteiger partial charge in [-0.05, 0) is 41.8 Å². The van der Waals surface area contributed by atoms with Crippen LogP contribution >= 0.6 is 0 Å². The summed E-state index contributed by atoms with van der Waals surface area (Å²) in [6.45, 7) is 1.25. The average molecular weight is 326 g/mol. The molecule has 1 fully saturated rings. The Morgan fingerprint density at radius 1 is 1.17 bits per heavy atom. The van der Waals surface area contributed by atoms with Crippen LogP contribution in [-0.4, -0.2) is 37.3 Å². The Labute approximate surface area is 142 Å². The predicted octanol–water partition coefficient (Wildman–Crippen LogP) is 2.01. The van der Waals surface area contributed by atoms with Gasteiger partial charge in [0.05, 0.1) is 32.8 Å². The third-order valence-corrected chi connectivity index (χ3v) is 4.32. The number of hydrogen-bond donors (Lipinski definition) is 1. The quantitative estimate of drug-likeness (QED) is 0.882. The van der Waals surface area contributed by atoms with E-state index in [1.165, 1.54) is 5.56 Å². The number of ether oxygens (including phenoxy) is 2. The number of rotatable bonds is 6. The number of nitrogens with zero attached hydrogens (tertiary/aromatic N) is 1. The van der Waals surface area contributed by atoms with Crippen LogP contribution in [0.3, 0.4) is 0 Å². The van der Waals surface area contributed by atoms with Crippen molar-refractivity contribution in [2.75, 3.05) is 20.3 Å². The van der Waals surface area contributed by atoms with Crippen LogP contribution in [-0.2, 0) is 22.4 Å². The van der Waals surface area contributed by atoms with Crippen LogP contribution in [0.1, 0.15) is 11.1 Å². The van der Waals surface area contributed by atoms with E-state index in [0.29, 0.717) is 25.6 Å². The number of benzene rings is 1. The number of nitrogens with one attached hydrogen (secondary N) is 1. The summed E-state index contributed by atoms with van der Waals surface area (Å²) in [5, 5.41) is 3.12. The molecule has 5 nitrogen and oxygen atoms in total. The molecule has 0 unspecified atom stereocenters. The third kappa shape index (κ3) is 4.32. The molecule has 1 saturated heterocycles. The molecule has 0 saturated carbocycles. The first-order valence-corrected chi connectivity index (χ1v) is 8.13. The van der Waals surface area contributed by atoms with Crippen molar-refractivity contribution in [1.82, 2.24) is 10.3 Å². The van der Waals surface area contributed by atoms with Crippen LogP contribution in [0.5, 0.6) is 5.75 Å². The number of methoxy groups -OCH3 is 1. The topological polar surface area (TPSA) is 60.5 Å². The van der Waals surface area contributed by atoms with E-state index in [0.717, 1.165) is 17.7 Å². The van der Waals surface area contributed by atoms with Crippen molar-refractivity contribution in [3.8, 4) is 5.75 Å². The fraction of sp³-hybridized carbons (Fsp3) is 0.368. The molecule has 1 aromatic carbocycles. The molecule has 24 heavy (non-hydrogen) atoms. The van der Waals surface area contributed by atoms with Crippen molar-refractivity contribution in [3.63, 3.8) is 0 Å². The molecule has 1 aliphatic rings. The minimum atomic E-state index is 0.0235. The van der Waals surface area contributed by atoms with Crippen molar-refractivity contribution < 1.29 is 14.3 Å². The Morgan fingerprint density at radius 2 is 1.92 bits per heavy atom. The standard InChI is InChI=1S/C19H22N2O3/c1-23-17-4-2-14(3-5-17)11-19(22)21-18-13-24-12-16(18)10-15-6-8-20-9-7-15/h2-9,16,18H,10-13H2,1H3,(H,21,22)/t16-,18+/m1/s1. The second-order valence-corrected chi connectivity index (χ2v) is 6.06. The van der Waals surface area contributed by atoms with Gasteiger partial charge in [0.25, 0.3) is 0 Å². The van der Waals surface area contributed by atoms with Crippen molar-refractivity contribution in [1.29, 1.82) is 0 Å². The second kappa shape index (κ2) is 7.93. The summed E-state index contributed by atoms with van der Waals surface area (Å²) in [6.07, 6.45) is 4.84. The van der Waals surface area contributed by atoms with E-state index in [2.05, 4.69) is 10.3 Å². The Balaban J connectivity index is 1.54. The first-order chi connectivity index (χ1) is 11.7. The molecule has 1 aromatic heterocycles. The van der Waals surface area contributed by atoms with Gasteiger partial charge in [-0.1, -0.05) is 12.1 Å². The largest absolute Gasteiger partial charge is 0.497 e.